The largest absolute Gasteiger partial charge is 0.573 e. The number of alkyl halides is 3. The normalized spacial score (nSPS) is 16.0. The van der Waals surface area contributed by atoms with Crippen LogP contribution < -0.4 is 15.8 Å². The summed E-state index contributed by atoms with van der Waals surface area (Å²) in [6.45, 7) is -0.0683. The Morgan fingerprint density at radius 3 is 2.15 bits per heavy atom. The number of nitrogens with two attached hydrogens (primary N) is 1. The highest BCUT2D eigenvalue weighted by molar-refractivity contribution is 7.89. The molecule has 3 N–H and O–H groups in total. The van der Waals surface area contributed by atoms with Gasteiger partial charge in [-0.15, -0.1) is 13.2 Å². The van der Waals surface area contributed by atoms with Crippen LogP contribution in [0.1, 0.15) is 0 Å². The van der Waals surface area contributed by atoms with Crippen LogP contribution in [-0.4, -0.2) is 68.6 Å². The molecule has 0 radical (unpaired) electrons. The van der Waals surface area contributed by atoms with E-state index >= 15 is 0 Å². The number of carbonyl (C=O) groups excluding carboxylic acids is 2. The fraction of sp³-hybridized carbons (Fsp3) is 0.429. The first kappa shape index (κ1) is 20.8. The molecule has 1 saturated heterocycles. The minimum absolute atomic E-state index is 0.00540. The first-order valence-electron chi connectivity index (χ1n) is 7.66. The molecule has 150 valence electrons. The molecule has 0 saturated carbocycles. The molecule has 0 unspecified atom stereocenters. The van der Waals surface area contributed by atoms with Crippen molar-refractivity contribution in [3.63, 3.8) is 0 Å². The third-order valence-corrected chi connectivity index (χ3v) is 5.61. The Morgan fingerprint density at radius 1 is 1.11 bits per heavy atom. The second-order valence-electron chi connectivity index (χ2n) is 5.52. The van der Waals surface area contributed by atoms with E-state index in [1.165, 1.54) is 4.90 Å². The molecule has 9 nitrogen and oxygen atoms in total. The predicted molar refractivity (Wildman–Crippen MR) is 86.0 cm³/mol. The van der Waals surface area contributed by atoms with Gasteiger partial charge in [0.25, 0.3) is 0 Å². The maximum absolute atomic E-state index is 12.6. The molecule has 0 spiro atoms. The molecule has 0 bridgehead atoms. The molecular weight excluding hydrogens is 393 g/mol. The lowest BCUT2D eigenvalue weighted by molar-refractivity contribution is -0.274. The second-order valence-corrected chi connectivity index (χ2v) is 7.46. The molecule has 1 aliphatic rings. The number of nitrogens with zero attached hydrogens (tertiary/aromatic N) is 2. The summed E-state index contributed by atoms with van der Waals surface area (Å²) in [7, 11) is -3.93. The van der Waals surface area contributed by atoms with E-state index < -0.39 is 34.1 Å². The van der Waals surface area contributed by atoms with E-state index in [4.69, 9.17) is 5.73 Å². The Bertz CT molecular complexity index is 790. The zero-order valence-electron chi connectivity index (χ0n) is 13.9. The number of nitrogens with one attached hydrogen (secondary N) is 1. The van der Waals surface area contributed by atoms with Crippen molar-refractivity contribution in [2.24, 2.45) is 5.73 Å². The third kappa shape index (κ3) is 5.72. The van der Waals surface area contributed by atoms with Gasteiger partial charge in [-0.1, -0.05) is 0 Å². The lowest BCUT2D eigenvalue weighted by Crippen LogP contribution is -2.52. The monoisotopic (exact) mass is 410 g/mol. The van der Waals surface area contributed by atoms with Gasteiger partial charge in [-0.3, -0.25) is 4.79 Å². The highest BCUT2D eigenvalue weighted by Gasteiger charge is 2.32. The Morgan fingerprint density at radius 2 is 1.67 bits per heavy atom. The number of piperazine rings is 1. The number of hydrogen-bond acceptors (Lipinski definition) is 5. The van der Waals surface area contributed by atoms with Crippen molar-refractivity contribution in [3.8, 4) is 5.75 Å². The van der Waals surface area contributed by atoms with E-state index in [9.17, 15) is 31.2 Å². The van der Waals surface area contributed by atoms with Gasteiger partial charge in [-0.05, 0) is 24.3 Å². The summed E-state index contributed by atoms with van der Waals surface area (Å²) in [4.78, 5) is 23.7. The van der Waals surface area contributed by atoms with E-state index in [0.717, 1.165) is 28.6 Å². The molecule has 1 aromatic carbocycles. The van der Waals surface area contributed by atoms with Crippen LogP contribution in [0.3, 0.4) is 0 Å². The zero-order chi connectivity index (χ0) is 20.2. The van der Waals surface area contributed by atoms with Crippen molar-refractivity contribution in [1.82, 2.24) is 14.5 Å². The highest BCUT2D eigenvalue weighted by Crippen LogP contribution is 2.25. The summed E-state index contributed by atoms with van der Waals surface area (Å²) in [5.74, 6) is -0.932. The lowest BCUT2D eigenvalue weighted by atomic mass is 10.3. The van der Waals surface area contributed by atoms with E-state index in [-0.39, 0.29) is 37.6 Å². The number of ether oxygens (including phenoxy) is 1. The van der Waals surface area contributed by atoms with Crippen LogP contribution in [0.4, 0.5) is 18.0 Å². The molecule has 1 aliphatic heterocycles. The van der Waals surface area contributed by atoms with Gasteiger partial charge in [0.05, 0.1) is 11.4 Å². The summed E-state index contributed by atoms with van der Waals surface area (Å²) in [5, 5.41) is 2.16. The quantitative estimate of drug-likeness (QED) is 0.712. The Kier molecular flexibility index (Phi) is 6.15. The second kappa shape index (κ2) is 8.00. The van der Waals surface area contributed by atoms with E-state index in [1.54, 1.807) is 0 Å². The number of primary amides is 1. The first-order chi connectivity index (χ1) is 12.5. The van der Waals surface area contributed by atoms with Gasteiger partial charge in [-0.2, -0.15) is 4.31 Å². The van der Waals surface area contributed by atoms with Crippen LogP contribution in [0.2, 0.25) is 0 Å². The summed E-state index contributed by atoms with van der Waals surface area (Å²) >= 11 is 0. The van der Waals surface area contributed by atoms with Crippen LogP contribution in [0.25, 0.3) is 0 Å². The van der Waals surface area contributed by atoms with Crippen molar-refractivity contribution in [1.29, 1.82) is 0 Å². The number of amides is 3. The van der Waals surface area contributed by atoms with Crippen LogP contribution in [0.15, 0.2) is 29.2 Å². The Labute approximate surface area is 152 Å². The molecule has 27 heavy (non-hydrogen) atoms. The summed E-state index contributed by atoms with van der Waals surface area (Å²) < 4.78 is 66.4. The van der Waals surface area contributed by atoms with Crippen molar-refractivity contribution < 1.29 is 35.9 Å². The molecule has 1 heterocycles. The molecule has 0 atom stereocenters. The number of urea groups is 1. The number of rotatable bonds is 5. The summed E-state index contributed by atoms with van der Waals surface area (Å²) in [6, 6.07) is 3.02. The van der Waals surface area contributed by atoms with Crippen LogP contribution in [-0.2, 0) is 14.8 Å². The average molecular weight is 410 g/mol. The zero-order valence-corrected chi connectivity index (χ0v) is 14.7. The number of hydrogen-bond donors (Lipinski definition) is 2. The number of sulfonamides is 1. The van der Waals surface area contributed by atoms with Gasteiger partial charge in [0, 0.05) is 26.2 Å². The molecule has 1 aromatic rings. The van der Waals surface area contributed by atoms with Crippen molar-refractivity contribution in [2.75, 3.05) is 32.7 Å². The van der Waals surface area contributed by atoms with Gasteiger partial charge < -0.3 is 20.7 Å². The highest BCUT2D eigenvalue weighted by atomic mass is 32.2. The average Bonchev–Trinajstić information content (AvgIpc) is 2.59. The molecule has 0 aromatic heterocycles. The van der Waals surface area contributed by atoms with Crippen molar-refractivity contribution in [3.05, 3.63) is 24.3 Å². The lowest BCUT2D eigenvalue weighted by Gasteiger charge is -2.34. The number of carbonyl (C=O) groups is 2. The SMILES string of the molecule is NC(=O)NCC(=O)N1CCN(S(=O)(=O)c2ccc(OC(F)(F)F)cc2)CC1. The maximum Gasteiger partial charge on any atom is 0.573 e. The molecule has 0 aliphatic carbocycles. The number of benzene rings is 1. The fourth-order valence-corrected chi connectivity index (χ4v) is 3.84. The van der Waals surface area contributed by atoms with Crippen LogP contribution in [0.5, 0.6) is 5.75 Å². The van der Waals surface area contributed by atoms with E-state index in [1.807, 2.05) is 0 Å². The van der Waals surface area contributed by atoms with E-state index in [2.05, 4.69) is 10.1 Å². The standard InChI is InChI=1S/C14H17F3N4O5S/c15-14(16,17)26-10-1-3-11(4-2-10)27(24,25)21-7-5-20(6-8-21)12(22)9-19-13(18)23/h1-4H,5-9H2,(H3,18,19,23). The van der Waals surface area contributed by atoms with Crippen molar-refractivity contribution in [2.45, 2.75) is 11.3 Å². The third-order valence-electron chi connectivity index (χ3n) is 3.70. The Balaban J connectivity index is 1.98. The predicted octanol–water partition coefficient (Wildman–Crippen LogP) is 0.0864. The minimum atomic E-state index is -4.87. The van der Waals surface area contributed by atoms with Gasteiger partial charge in [-0.25, -0.2) is 13.2 Å². The smallest absolute Gasteiger partial charge is 0.406 e. The molecule has 2 rings (SSSR count). The topological polar surface area (TPSA) is 122 Å². The van der Waals surface area contributed by atoms with Gasteiger partial charge >= 0.3 is 12.4 Å². The molecule has 3 amide bonds. The van der Waals surface area contributed by atoms with E-state index in [0.29, 0.717) is 0 Å². The Hall–Kier alpha value is -2.54. The maximum atomic E-state index is 12.6. The van der Waals surface area contributed by atoms with Crippen molar-refractivity contribution >= 4 is 22.0 Å². The van der Waals surface area contributed by atoms with Gasteiger partial charge in [0.1, 0.15) is 5.75 Å². The van der Waals surface area contributed by atoms with Crippen LogP contribution >= 0.6 is 0 Å². The number of halogens is 3. The molecule has 13 heteroatoms. The minimum Gasteiger partial charge on any atom is -0.406 e. The molecule has 1 fully saturated rings. The summed E-state index contributed by atoms with van der Waals surface area (Å²) in [6.07, 6.45) is -4.87. The fourth-order valence-electron chi connectivity index (χ4n) is 2.41. The van der Waals surface area contributed by atoms with Gasteiger partial charge in [0.2, 0.25) is 15.9 Å². The molecular formula is C14H17F3N4O5S. The van der Waals surface area contributed by atoms with Crippen LogP contribution in [0, 0.1) is 0 Å². The van der Waals surface area contributed by atoms with Gasteiger partial charge in [0.15, 0.2) is 0 Å². The first-order valence-corrected chi connectivity index (χ1v) is 9.10. The summed E-state index contributed by atoms with van der Waals surface area (Å²) in [5.41, 5.74) is 4.88.